The second-order valence-electron chi connectivity index (χ2n) is 6.33. The maximum atomic E-state index is 14.3. The Labute approximate surface area is 170 Å². The first-order chi connectivity index (χ1) is 14.5. The third kappa shape index (κ3) is 3.88. The fourth-order valence-corrected chi connectivity index (χ4v) is 2.92. The van der Waals surface area contributed by atoms with Crippen LogP contribution in [0.3, 0.4) is 0 Å². The van der Waals surface area contributed by atoms with E-state index in [9.17, 15) is 13.6 Å². The predicted molar refractivity (Wildman–Crippen MR) is 108 cm³/mol. The van der Waals surface area contributed by atoms with E-state index in [-0.39, 0.29) is 23.0 Å². The summed E-state index contributed by atoms with van der Waals surface area (Å²) in [6, 6.07) is 18.4. The van der Waals surface area contributed by atoms with E-state index in [1.54, 1.807) is 42.5 Å². The second kappa shape index (κ2) is 8.12. The first-order valence-electron chi connectivity index (χ1n) is 8.98. The summed E-state index contributed by atoms with van der Waals surface area (Å²) in [5, 5.41) is 6.98. The zero-order valence-electron chi connectivity index (χ0n) is 15.8. The van der Waals surface area contributed by atoms with Gasteiger partial charge in [-0.1, -0.05) is 24.3 Å². The minimum Gasteiger partial charge on any atom is -0.466 e. The van der Waals surface area contributed by atoms with Gasteiger partial charge in [0.1, 0.15) is 11.6 Å². The lowest BCUT2D eigenvalue weighted by Gasteiger charge is -2.10. The van der Waals surface area contributed by atoms with Crippen molar-refractivity contribution in [2.24, 2.45) is 0 Å². The number of rotatable bonds is 5. The molecule has 0 bridgehead atoms. The predicted octanol–water partition coefficient (Wildman–Crippen LogP) is 4.47. The molecule has 4 rings (SSSR count). The maximum Gasteiger partial charge on any atom is 0.336 e. The summed E-state index contributed by atoms with van der Waals surface area (Å²) in [6.07, 6.45) is 0. The van der Waals surface area contributed by atoms with Gasteiger partial charge in [0.25, 0.3) is 5.91 Å². The van der Waals surface area contributed by atoms with Crippen LogP contribution < -0.4 is 10.1 Å². The van der Waals surface area contributed by atoms with Crippen molar-refractivity contribution >= 4 is 11.6 Å². The Kier molecular flexibility index (Phi) is 5.21. The molecule has 6 nitrogen and oxygen atoms in total. The number of hydrogen-bond donors (Lipinski definition) is 1. The fourth-order valence-electron chi connectivity index (χ4n) is 2.92. The van der Waals surface area contributed by atoms with E-state index >= 15 is 0 Å². The van der Waals surface area contributed by atoms with Gasteiger partial charge in [0.05, 0.1) is 18.4 Å². The van der Waals surface area contributed by atoms with Crippen molar-refractivity contribution in [3.63, 3.8) is 0 Å². The molecule has 4 aromatic rings. The monoisotopic (exact) mass is 406 g/mol. The summed E-state index contributed by atoms with van der Waals surface area (Å²) < 4.78 is 34.3. The van der Waals surface area contributed by atoms with Gasteiger partial charge in [-0.25, -0.2) is 13.5 Å². The summed E-state index contributed by atoms with van der Waals surface area (Å²) in [5.74, 6) is -1.17. The largest absolute Gasteiger partial charge is 0.466 e. The number of ether oxygens (including phenoxy) is 1. The Morgan fingerprint density at radius 3 is 2.57 bits per heavy atom. The SMILES string of the molecule is COc1nc(-c2ccccc2F)n(-c2cccc(NC(=O)c3cccc(F)c3)c2)n1. The van der Waals surface area contributed by atoms with Crippen LogP contribution in [-0.2, 0) is 0 Å². The van der Waals surface area contributed by atoms with Gasteiger partial charge in [0.2, 0.25) is 0 Å². The molecule has 0 fully saturated rings. The molecule has 0 unspecified atom stereocenters. The molecule has 1 N–H and O–H groups in total. The number of anilines is 1. The van der Waals surface area contributed by atoms with E-state index in [1.165, 1.54) is 36.1 Å². The number of amides is 1. The van der Waals surface area contributed by atoms with E-state index in [0.29, 0.717) is 11.4 Å². The van der Waals surface area contributed by atoms with Crippen molar-refractivity contribution in [1.29, 1.82) is 0 Å². The van der Waals surface area contributed by atoms with Crippen molar-refractivity contribution in [1.82, 2.24) is 14.8 Å². The maximum absolute atomic E-state index is 14.3. The van der Waals surface area contributed by atoms with Crippen LogP contribution in [-0.4, -0.2) is 27.8 Å². The molecular weight excluding hydrogens is 390 g/mol. The van der Waals surface area contributed by atoms with E-state index in [4.69, 9.17) is 4.74 Å². The fraction of sp³-hybridized carbons (Fsp3) is 0.0455. The van der Waals surface area contributed by atoms with Crippen molar-refractivity contribution in [3.8, 4) is 23.1 Å². The van der Waals surface area contributed by atoms with Gasteiger partial charge < -0.3 is 10.1 Å². The number of nitrogens with zero attached hydrogens (tertiary/aromatic N) is 3. The van der Waals surface area contributed by atoms with Gasteiger partial charge >= 0.3 is 6.01 Å². The molecule has 0 aliphatic heterocycles. The van der Waals surface area contributed by atoms with Crippen molar-refractivity contribution in [3.05, 3.63) is 90.0 Å². The quantitative estimate of drug-likeness (QED) is 0.531. The van der Waals surface area contributed by atoms with E-state index in [0.717, 1.165) is 6.07 Å². The summed E-state index contributed by atoms with van der Waals surface area (Å²) in [4.78, 5) is 16.7. The van der Waals surface area contributed by atoms with Crippen molar-refractivity contribution in [2.75, 3.05) is 12.4 Å². The molecule has 0 aliphatic carbocycles. The van der Waals surface area contributed by atoms with Crippen LogP contribution in [0.15, 0.2) is 72.8 Å². The van der Waals surface area contributed by atoms with Crippen LogP contribution in [0.4, 0.5) is 14.5 Å². The molecule has 1 amide bonds. The van der Waals surface area contributed by atoms with Gasteiger partial charge in [-0.05, 0) is 48.5 Å². The normalized spacial score (nSPS) is 10.6. The van der Waals surface area contributed by atoms with Crippen LogP contribution in [0.25, 0.3) is 17.1 Å². The van der Waals surface area contributed by atoms with E-state index in [1.807, 2.05) is 0 Å². The highest BCUT2D eigenvalue weighted by molar-refractivity contribution is 6.04. The van der Waals surface area contributed by atoms with Crippen LogP contribution in [0.1, 0.15) is 10.4 Å². The molecular formula is C22H16F2N4O2. The zero-order chi connectivity index (χ0) is 21.1. The minimum atomic E-state index is -0.499. The lowest BCUT2D eigenvalue weighted by atomic mass is 10.2. The minimum absolute atomic E-state index is 0.0717. The van der Waals surface area contributed by atoms with Gasteiger partial charge in [-0.15, -0.1) is 5.10 Å². The highest BCUT2D eigenvalue weighted by Crippen LogP contribution is 2.26. The van der Waals surface area contributed by atoms with Crippen LogP contribution in [0, 0.1) is 11.6 Å². The lowest BCUT2D eigenvalue weighted by molar-refractivity contribution is 0.102. The Balaban J connectivity index is 1.70. The molecule has 0 saturated carbocycles. The number of halogens is 2. The number of methoxy groups -OCH3 is 1. The summed E-state index contributed by atoms with van der Waals surface area (Å²) in [7, 11) is 1.42. The topological polar surface area (TPSA) is 69.0 Å². The molecule has 150 valence electrons. The first kappa shape index (κ1) is 19.3. The number of aromatic nitrogens is 3. The standard InChI is InChI=1S/C22H16F2N4O2/c1-30-22-26-20(18-10-2-3-11-19(18)24)28(27-22)17-9-5-8-16(13-17)25-21(29)14-6-4-7-15(23)12-14/h2-13H,1H3,(H,25,29). The van der Waals surface area contributed by atoms with Crippen LogP contribution in [0.2, 0.25) is 0 Å². The average Bonchev–Trinajstić information content (AvgIpc) is 3.18. The average molecular weight is 406 g/mol. The molecule has 3 aromatic carbocycles. The molecule has 0 radical (unpaired) electrons. The van der Waals surface area contributed by atoms with E-state index < -0.39 is 17.5 Å². The molecule has 0 aliphatic rings. The summed E-state index contributed by atoms with van der Waals surface area (Å²) >= 11 is 0. The van der Waals surface area contributed by atoms with Crippen molar-refractivity contribution in [2.45, 2.75) is 0 Å². The molecule has 1 aromatic heterocycles. The van der Waals surface area contributed by atoms with Crippen LogP contribution >= 0.6 is 0 Å². The highest BCUT2D eigenvalue weighted by atomic mass is 19.1. The molecule has 8 heteroatoms. The highest BCUT2D eigenvalue weighted by Gasteiger charge is 2.17. The van der Waals surface area contributed by atoms with Crippen LogP contribution in [0.5, 0.6) is 6.01 Å². The number of benzene rings is 3. The molecule has 0 atom stereocenters. The number of carbonyl (C=O) groups excluding carboxylic acids is 1. The smallest absolute Gasteiger partial charge is 0.336 e. The number of carbonyl (C=O) groups is 1. The Morgan fingerprint density at radius 2 is 1.80 bits per heavy atom. The Morgan fingerprint density at radius 1 is 1.00 bits per heavy atom. The van der Waals surface area contributed by atoms with Gasteiger partial charge in [0.15, 0.2) is 5.82 Å². The second-order valence-corrected chi connectivity index (χ2v) is 6.33. The number of nitrogens with one attached hydrogen (secondary N) is 1. The summed E-state index contributed by atoms with van der Waals surface area (Å²) in [6.45, 7) is 0. The molecule has 0 saturated heterocycles. The lowest BCUT2D eigenvalue weighted by Crippen LogP contribution is -2.12. The molecule has 0 spiro atoms. The Hall–Kier alpha value is -4.07. The zero-order valence-corrected chi connectivity index (χ0v) is 15.8. The Bertz CT molecular complexity index is 1220. The molecule has 1 heterocycles. The summed E-state index contributed by atoms with van der Waals surface area (Å²) in [5.41, 5.74) is 1.43. The third-order valence-electron chi connectivity index (χ3n) is 4.32. The van der Waals surface area contributed by atoms with Crippen molar-refractivity contribution < 1.29 is 18.3 Å². The van der Waals surface area contributed by atoms with Gasteiger partial charge in [-0.3, -0.25) is 4.79 Å². The first-order valence-corrected chi connectivity index (χ1v) is 8.98. The molecule has 30 heavy (non-hydrogen) atoms. The van der Waals surface area contributed by atoms with E-state index in [2.05, 4.69) is 15.4 Å². The number of hydrogen-bond acceptors (Lipinski definition) is 4. The van der Waals surface area contributed by atoms with Gasteiger partial charge in [0, 0.05) is 11.3 Å². The third-order valence-corrected chi connectivity index (χ3v) is 4.32. The van der Waals surface area contributed by atoms with Gasteiger partial charge in [-0.2, -0.15) is 4.98 Å².